The van der Waals surface area contributed by atoms with Gasteiger partial charge in [0.05, 0.1) is 6.33 Å². The molecule has 0 fully saturated rings. The Labute approximate surface area is 117 Å². The summed E-state index contributed by atoms with van der Waals surface area (Å²) >= 11 is 1.57. The lowest BCUT2D eigenvalue weighted by Gasteiger charge is -2.09. The van der Waals surface area contributed by atoms with Crippen LogP contribution in [0.4, 0.5) is 29.1 Å². The molecular weight excluding hydrogens is 381 g/mol. The summed E-state index contributed by atoms with van der Waals surface area (Å²) in [6.45, 7) is 0. The lowest BCUT2D eigenvalue weighted by molar-refractivity contribution is 0.459. The summed E-state index contributed by atoms with van der Waals surface area (Å²) in [6.07, 6.45) is 0.984. The van der Waals surface area contributed by atoms with Gasteiger partial charge in [0, 0.05) is 6.07 Å². The number of halogens is 5. The molecule has 100 valence electrons. The molecule has 2 N–H and O–H groups in total. The van der Waals surface area contributed by atoms with Crippen molar-refractivity contribution in [3.05, 3.63) is 49.6 Å². The molecule has 2 aromatic rings. The highest BCUT2D eigenvalue weighted by Gasteiger charge is 2.20. The molecule has 4 nitrogen and oxygen atoms in total. The lowest BCUT2D eigenvalue weighted by atomic mass is 10.2. The van der Waals surface area contributed by atoms with Crippen LogP contribution in [-0.2, 0) is 0 Å². The number of H-pyrrole nitrogens is 1. The summed E-state index contributed by atoms with van der Waals surface area (Å²) in [4.78, 5) is 17.1. The average Bonchev–Trinajstić information content (AvgIpc) is 2.37. The van der Waals surface area contributed by atoms with E-state index in [1.54, 1.807) is 22.6 Å². The molecule has 0 aliphatic rings. The molecular formula is C10H4F4IN3O. The van der Waals surface area contributed by atoms with Gasteiger partial charge in [-0.2, -0.15) is 0 Å². The van der Waals surface area contributed by atoms with Crippen molar-refractivity contribution in [3.8, 4) is 0 Å². The fraction of sp³-hybridized carbons (Fsp3) is 0. The average molecular weight is 385 g/mol. The van der Waals surface area contributed by atoms with E-state index >= 15 is 0 Å². The highest BCUT2D eigenvalue weighted by atomic mass is 127. The Morgan fingerprint density at radius 1 is 1.16 bits per heavy atom. The topological polar surface area (TPSA) is 57.8 Å². The quantitative estimate of drug-likeness (QED) is 0.475. The largest absolute Gasteiger partial charge is 0.334 e. The van der Waals surface area contributed by atoms with Crippen LogP contribution in [-0.4, -0.2) is 9.97 Å². The molecule has 0 unspecified atom stereocenters. The van der Waals surface area contributed by atoms with Gasteiger partial charge in [-0.05, 0) is 22.6 Å². The van der Waals surface area contributed by atoms with Gasteiger partial charge in [-0.15, -0.1) is 0 Å². The van der Waals surface area contributed by atoms with Crippen LogP contribution < -0.4 is 10.9 Å². The lowest BCUT2D eigenvalue weighted by Crippen LogP contribution is -2.14. The first-order valence-electron chi connectivity index (χ1n) is 4.75. The van der Waals surface area contributed by atoms with Crippen molar-refractivity contribution in [2.45, 2.75) is 0 Å². The number of anilines is 2. The summed E-state index contributed by atoms with van der Waals surface area (Å²) in [5.41, 5.74) is -1.61. The molecule has 1 aromatic heterocycles. The number of rotatable bonds is 2. The Morgan fingerprint density at radius 2 is 1.74 bits per heavy atom. The van der Waals surface area contributed by atoms with Gasteiger partial charge >= 0.3 is 0 Å². The van der Waals surface area contributed by atoms with E-state index in [2.05, 4.69) is 15.3 Å². The first-order chi connectivity index (χ1) is 8.91. The second kappa shape index (κ2) is 5.15. The van der Waals surface area contributed by atoms with Crippen molar-refractivity contribution in [3.63, 3.8) is 0 Å². The molecule has 0 saturated carbocycles. The van der Waals surface area contributed by atoms with Crippen molar-refractivity contribution in [2.75, 3.05) is 5.32 Å². The highest BCUT2D eigenvalue weighted by molar-refractivity contribution is 14.1. The third-order valence-corrected chi connectivity index (χ3v) is 3.15. The Kier molecular flexibility index (Phi) is 3.73. The first-order valence-corrected chi connectivity index (χ1v) is 5.83. The van der Waals surface area contributed by atoms with Crippen LogP contribution in [0.25, 0.3) is 0 Å². The van der Waals surface area contributed by atoms with Crippen LogP contribution in [0.15, 0.2) is 17.2 Å². The van der Waals surface area contributed by atoms with Gasteiger partial charge in [-0.25, -0.2) is 22.5 Å². The van der Waals surface area contributed by atoms with Crippen molar-refractivity contribution in [2.24, 2.45) is 0 Å². The minimum atomic E-state index is -1.60. The van der Waals surface area contributed by atoms with Crippen molar-refractivity contribution in [1.29, 1.82) is 0 Å². The molecule has 9 heteroatoms. The molecule has 1 aromatic carbocycles. The molecule has 1 heterocycles. The number of nitrogens with zero attached hydrogens (tertiary/aromatic N) is 1. The molecule has 0 bridgehead atoms. The number of hydrogen-bond donors (Lipinski definition) is 2. The zero-order valence-electron chi connectivity index (χ0n) is 8.90. The SMILES string of the molecule is O=c1[nH]cnc(Nc2c(F)c(F)cc(F)c2F)c1I. The van der Waals surface area contributed by atoms with Gasteiger partial charge in [-0.3, -0.25) is 4.79 Å². The van der Waals surface area contributed by atoms with Gasteiger partial charge in [0.2, 0.25) is 0 Å². The summed E-state index contributed by atoms with van der Waals surface area (Å²) in [7, 11) is 0. The molecule has 0 spiro atoms. The van der Waals surface area contributed by atoms with Crippen molar-refractivity contribution < 1.29 is 17.6 Å². The number of aromatic nitrogens is 2. The van der Waals surface area contributed by atoms with E-state index in [1.165, 1.54) is 0 Å². The smallest absolute Gasteiger partial charge is 0.266 e. The van der Waals surface area contributed by atoms with Gasteiger partial charge in [0.25, 0.3) is 5.56 Å². The summed E-state index contributed by atoms with van der Waals surface area (Å²) < 4.78 is 52.8. The second-order valence-electron chi connectivity index (χ2n) is 3.36. The van der Waals surface area contributed by atoms with Crippen molar-refractivity contribution >= 4 is 34.1 Å². The van der Waals surface area contributed by atoms with Crippen LogP contribution in [0, 0.1) is 26.8 Å². The molecule has 0 amide bonds. The standard InChI is InChI=1S/C10H4F4IN3O/c11-3-1-4(12)6(14)8(5(3)13)18-9-7(15)10(19)17-2-16-9/h1-2H,(H2,16,17,18,19). The van der Waals surface area contributed by atoms with E-state index < -0.39 is 34.5 Å². The Hall–Kier alpha value is -1.65. The fourth-order valence-corrected chi connectivity index (χ4v) is 1.70. The molecule has 19 heavy (non-hydrogen) atoms. The zero-order valence-corrected chi connectivity index (χ0v) is 11.1. The number of benzene rings is 1. The normalized spacial score (nSPS) is 10.6. The van der Waals surface area contributed by atoms with E-state index in [1.807, 2.05) is 0 Å². The minimum absolute atomic E-state index is 0.0106. The fourth-order valence-electron chi connectivity index (χ4n) is 1.27. The van der Waals surface area contributed by atoms with Crippen LogP contribution in [0.1, 0.15) is 0 Å². The maximum Gasteiger partial charge on any atom is 0.266 e. The van der Waals surface area contributed by atoms with E-state index in [4.69, 9.17) is 0 Å². The third kappa shape index (κ3) is 2.55. The second-order valence-corrected chi connectivity index (χ2v) is 4.44. The molecule has 0 radical (unpaired) electrons. The predicted octanol–water partition coefficient (Wildman–Crippen LogP) is 2.67. The molecule has 0 saturated heterocycles. The van der Waals surface area contributed by atoms with Crippen molar-refractivity contribution in [1.82, 2.24) is 9.97 Å². The zero-order chi connectivity index (χ0) is 14.2. The van der Waals surface area contributed by atoms with Crippen LogP contribution in [0.2, 0.25) is 0 Å². The minimum Gasteiger partial charge on any atom is -0.334 e. The van der Waals surface area contributed by atoms with E-state index in [9.17, 15) is 22.4 Å². The van der Waals surface area contributed by atoms with Crippen LogP contribution in [0.5, 0.6) is 0 Å². The Morgan fingerprint density at radius 3 is 2.32 bits per heavy atom. The van der Waals surface area contributed by atoms with Gasteiger partial charge < -0.3 is 10.3 Å². The van der Waals surface area contributed by atoms with Gasteiger partial charge in [0.15, 0.2) is 29.1 Å². The summed E-state index contributed by atoms with van der Waals surface area (Å²) in [5.74, 6) is -6.52. The highest BCUT2D eigenvalue weighted by Crippen LogP contribution is 2.27. The van der Waals surface area contributed by atoms with E-state index in [-0.39, 0.29) is 15.5 Å². The molecule has 0 atom stereocenters. The van der Waals surface area contributed by atoms with E-state index in [0.29, 0.717) is 0 Å². The maximum atomic E-state index is 13.4. The number of nitrogens with one attached hydrogen (secondary N) is 2. The molecule has 0 aliphatic heterocycles. The Bertz CT molecular complexity index is 678. The third-order valence-electron chi connectivity index (χ3n) is 2.15. The summed E-state index contributed by atoms with van der Waals surface area (Å²) in [6, 6.07) is 0.0893. The van der Waals surface area contributed by atoms with E-state index in [0.717, 1.165) is 6.33 Å². The van der Waals surface area contributed by atoms with Gasteiger partial charge in [-0.1, -0.05) is 0 Å². The Balaban J connectivity index is 2.55. The number of hydrogen-bond acceptors (Lipinski definition) is 3. The maximum absolute atomic E-state index is 13.4. The van der Waals surface area contributed by atoms with Crippen LogP contribution in [0.3, 0.4) is 0 Å². The first kappa shape index (κ1) is 13.8. The molecule has 0 aliphatic carbocycles. The van der Waals surface area contributed by atoms with Crippen LogP contribution >= 0.6 is 22.6 Å². The monoisotopic (exact) mass is 385 g/mol. The predicted molar refractivity (Wildman–Crippen MR) is 67.1 cm³/mol. The van der Waals surface area contributed by atoms with Gasteiger partial charge in [0.1, 0.15) is 9.26 Å². The number of aromatic amines is 1. The molecule has 2 rings (SSSR count). The summed E-state index contributed by atoms with van der Waals surface area (Å²) in [5, 5.41) is 2.06.